The number of halogens is 3. The van der Waals surface area contributed by atoms with E-state index in [1.807, 2.05) is 6.07 Å². The van der Waals surface area contributed by atoms with Crippen LogP contribution >= 0.6 is 0 Å². The van der Waals surface area contributed by atoms with E-state index >= 15 is 13.2 Å². The van der Waals surface area contributed by atoms with Crippen LogP contribution in [0.1, 0.15) is 79.7 Å². The maximum absolute atomic E-state index is 15.8. The van der Waals surface area contributed by atoms with E-state index in [2.05, 4.69) is 26.5 Å². The Hall–Kier alpha value is -2.76. The molecule has 4 aliphatic rings. The quantitative estimate of drug-likeness (QED) is 0.334. The van der Waals surface area contributed by atoms with E-state index in [9.17, 15) is 8.42 Å². The van der Waals surface area contributed by atoms with Crippen molar-refractivity contribution in [3.05, 3.63) is 64.6 Å². The number of hydrogen-bond donors (Lipinski definition) is 1. The Labute approximate surface area is 257 Å². The molecule has 7 nitrogen and oxygen atoms in total. The lowest BCUT2D eigenvalue weighted by Gasteiger charge is -2.41. The first-order valence-electron chi connectivity index (χ1n) is 15.8. The van der Waals surface area contributed by atoms with Crippen molar-refractivity contribution in [3.63, 3.8) is 0 Å². The molecule has 0 saturated carbocycles. The normalized spacial score (nSPS) is 26.6. The average molecular weight is 631 g/mol. The molecule has 0 unspecified atom stereocenters. The largest absolute Gasteiger partial charge is 0.381 e. The summed E-state index contributed by atoms with van der Waals surface area (Å²) in [4.78, 5) is 2.18. The van der Waals surface area contributed by atoms with Crippen molar-refractivity contribution in [2.45, 2.75) is 69.8 Å². The van der Waals surface area contributed by atoms with E-state index in [0.717, 1.165) is 42.3 Å². The molecule has 1 aromatic heterocycles. The number of anilines is 1. The highest BCUT2D eigenvalue weighted by atomic mass is 32.2. The summed E-state index contributed by atoms with van der Waals surface area (Å²) in [6.07, 6.45) is 5.66. The van der Waals surface area contributed by atoms with Gasteiger partial charge < -0.3 is 15.0 Å². The number of aryl methyl sites for hydroxylation is 1. The number of benzene rings is 2. The fraction of sp³-hybridized carbons (Fsp3) is 0.576. The third-order valence-electron chi connectivity index (χ3n) is 9.46. The topological polar surface area (TPSA) is 84.4 Å². The van der Waals surface area contributed by atoms with Crippen molar-refractivity contribution < 1.29 is 26.3 Å². The standard InChI is InChI=1S/C33H41F3N4O3S/c1-22-27-7-4-8-29(31(27)34)33(35,36)18-23-20-40(21-23)11-2-3-12-43-13-5-6-25-16-26(24-9-14-44(41,42)15-10-24)17-28-30(38-22)19-37-39-32(25)28/h4,7-8,16-17,19,22-24,38H,2-3,5-6,9-15,18,20-21H2,1H3/t22-/m1/s1. The van der Waals surface area contributed by atoms with Crippen LogP contribution in [0, 0.1) is 11.7 Å². The lowest BCUT2D eigenvalue weighted by Crippen LogP contribution is -2.48. The van der Waals surface area contributed by atoms with E-state index in [1.54, 1.807) is 19.2 Å². The highest BCUT2D eigenvalue weighted by Crippen LogP contribution is 2.41. The second-order valence-corrected chi connectivity index (χ2v) is 15.1. The van der Waals surface area contributed by atoms with Gasteiger partial charge in [0, 0.05) is 43.7 Å². The predicted molar refractivity (Wildman–Crippen MR) is 165 cm³/mol. The summed E-state index contributed by atoms with van der Waals surface area (Å²) in [5.41, 5.74) is 2.99. The number of nitrogens with one attached hydrogen (secondary N) is 1. The minimum Gasteiger partial charge on any atom is -0.381 e. The molecule has 238 valence electrons. The molecule has 5 heterocycles. The van der Waals surface area contributed by atoms with Gasteiger partial charge >= 0.3 is 0 Å². The first-order valence-corrected chi connectivity index (χ1v) is 17.6. The van der Waals surface area contributed by atoms with E-state index < -0.39 is 33.2 Å². The Bertz CT molecular complexity index is 1580. The van der Waals surface area contributed by atoms with Crippen molar-refractivity contribution in [1.82, 2.24) is 15.1 Å². The number of hydrogen-bond acceptors (Lipinski definition) is 7. The molecule has 0 amide bonds. The van der Waals surface area contributed by atoms with E-state index in [-0.39, 0.29) is 35.3 Å². The Morgan fingerprint density at radius 3 is 2.64 bits per heavy atom. The highest BCUT2D eigenvalue weighted by Gasteiger charge is 2.41. The number of aromatic nitrogens is 2. The van der Waals surface area contributed by atoms with Gasteiger partial charge in [0.05, 0.1) is 40.5 Å². The molecule has 3 aromatic rings. The van der Waals surface area contributed by atoms with Crippen LogP contribution in [-0.2, 0) is 26.9 Å². The molecule has 8 bridgehead atoms. The molecule has 1 atom stereocenters. The molecule has 1 N–H and O–H groups in total. The summed E-state index contributed by atoms with van der Waals surface area (Å²) in [5, 5.41) is 12.8. The van der Waals surface area contributed by atoms with Crippen LogP contribution in [0.3, 0.4) is 0 Å². The lowest BCUT2D eigenvalue weighted by molar-refractivity contribution is -0.0594. The molecular weight excluding hydrogens is 589 g/mol. The van der Waals surface area contributed by atoms with Gasteiger partial charge in [-0.1, -0.05) is 24.3 Å². The minimum atomic E-state index is -3.27. The summed E-state index contributed by atoms with van der Waals surface area (Å²) >= 11 is 0. The van der Waals surface area contributed by atoms with Crippen molar-refractivity contribution in [1.29, 1.82) is 0 Å². The fourth-order valence-electron chi connectivity index (χ4n) is 6.97. The summed E-state index contributed by atoms with van der Waals surface area (Å²) < 4.78 is 76.9. The van der Waals surface area contributed by atoms with Gasteiger partial charge in [0.25, 0.3) is 5.92 Å². The number of ether oxygens (including phenoxy) is 1. The highest BCUT2D eigenvalue weighted by molar-refractivity contribution is 7.91. The van der Waals surface area contributed by atoms with Crippen molar-refractivity contribution in [3.8, 4) is 0 Å². The summed E-state index contributed by atoms with van der Waals surface area (Å²) in [5.74, 6) is -3.91. The number of rotatable bonds is 1. The van der Waals surface area contributed by atoms with Gasteiger partial charge in [-0.25, -0.2) is 21.6 Å². The molecule has 0 aliphatic carbocycles. The van der Waals surface area contributed by atoms with E-state index in [4.69, 9.17) is 4.74 Å². The maximum atomic E-state index is 15.8. The van der Waals surface area contributed by atoms with Crippen LogP contribution in [-0.4, -0.2) is 67.9 Å². The molecular formula is C33H41F3N4O3S. The third kappa shape index (κ3) is 6.89. The van der Waals surface area contributed by atoms with Crippen LogP contribution in [0.15, 0.2) is 36.5 Å². The molecule has 2 fully saturated rings. The lowest BCUT2D eigenvalue weighted by atomic mass is 9.88. The Morgan fingerprint density at radius 1 is 1.07 bits per heavy atom. The van der Waals surface area contributed by atoms with Crippen molar-refractivity contribution in [2.24, 2.45) is 5.92 Å². The maximum Gasteiger partial charge on any atom is 0.276 e. The zero-order valence-corrected chi connectivity index (χ0v) is 26.0. The average Bonchev–Trinajstić information content (AvgIpc) is 2.96. The first kappa shape index (κ1) is 31.2. The van der Waals surface area contributed by atoms with E-state index in [0.29, 0.717) is 56.8 Å². The fourth-order valence-corrected chi connectivity index (χ4v) is 8.46. The first-order chi connectivity index (χ1) is 21.1. The predicted octanol–water partition coefficient (Wildman–Crippen LogP) is 6.39. The van der Waals surface area contributed by atoms with Crippen LogP contribution in [0.5, 0.6) is 0 Å². The van der Waals surface area contributed by atoms with Crippen LogP contribution < -0.4 is 5.32 Å². The van der Waals surface area contributed by atoms with Gasteiger partial charge in [-0.15, -0.1) is 0 Å². The number of sulfone groups is 1. The molecule has 2 aromatic carbocycles. The van der Waals surface area contributed by atoms with Crippen LogP contribution in [0.4, 0.5) is 18.9 Å². The van der Waals surface area contributed by atoms with E-state index in [1.165, 1.54) is 12.1 Å². The summed E-state index contributed by atoms with van der Waals surface area (Å²) in [7, 11) is -3.02. The minimum absolute atomic E-state index is 0.0910. The Balaban J connectivity index is 1.35. The Kier molecular flexibility index (Phi) is 9.17. The van der Waals surface area contributed by atoms with Crippen molar-refractivity contribution >= 4 is 26.4 Å². The number of nitrogens with zero attached hydrogens (tertiary/aromatic N) is 3. The second-order valence-electron chi connectivity index (χ2n) is 12.8. The van der Waals surface area contributed by atoms with Gasteiger partial charge in [0.2, 0.25) is 0 Å². The number of alkyl halides is 2. The Morgan fingerprint density at radius 2 is 1.84 bits per heavy atom. The van der Waals surface area contributed by atoms with Crippen molar-refractivity contribution in [2.75, 3.05) is 49.7 Å². The summed E-state index contributed by atoms with van der Waals surface area (Å²) in [6, 6.07) is 7.78. The molecule has 2 saturated heterocycles. The second kappa shape index (κ2) is 12.9. The number of fused-ring (bicyclic) bond motifs is 9. The molecule has 4 aliphatic heterocycles. The monoisotopic (exact) mass is 630 g/mol. The molecule has 11 heteroatoms. The SMILES string of the molecule is C[C@H]1Nc2cnnc3c(cc(C4CCS(=O)(=O)CC4)cc23)CCCOCCCCN2CC(C2)CC(F)(F)c2cccc1c2F. The van der Waals surface area contributed by atoms with Gasteiger partial charge in [-0.2, -0.15) is 10.2 Å². The molecule has 7 rings (SSSR count). The van der Waals surface area contributed by atoms with Crippen LogP contribution in [0.2, 0.25) is 0 Å². The van der Waals surface area contributed by atoms with Gasteiger partial charge in [0.1, 0.15) is 15.7 Å². The van der Waals surface area contributed by atoms with Gasteiger partial charge in [0.15, 0.2) is 0 Å². The third-order valence-corrected chi connectivity index (χ3v) is 11.2. The summed E-state index contributed by atoms with van der Waals surface area (Å²) in [6.45, 7) is 5.07. The van der Waals surface area contributed by atoms with Gasteiger partial charge in [-0.05, 0) is 81.0 Å². The zero-order valence-electron chi connectivity index (χ0n) is 25.2. The van der Waals surface area contributed by atoms with Crippen LogP contribution in [0.25, 0.3) is 10.9 Å². The smallest absolute Gasteiger partial charge is 0.276 e. The molecule has 0 radical (unpaired) electrons. The molecule has 0 spiro atoms. The molecule has 44 heavy (non-hydrogen) atoms. The van der Waals surface area contributed by atoms with Gasteiger partial charge in [-0.3, -0.25) is 0 Å². The zero-order chi connectivity index (χ0) is 30.9.